The predicted octanol–water partition coefficient (Wildman–Crippen LogP) is 2.37. The zero-order chi connectivity index (χ0) is 20.2. The quantitative estimate of drug-likeness (QED) is 0.786. The lowest BCUT2D eigenvalue weighted by Gasteiger charge is -2.33. The number of rotatable bonds is 6. The molecule has 4 heterocycles. The van der Waals surface area contributed by atoms with Crippen LogP contribution in [-0.4, -0.2) is 73.5 Å². The zero-order valence-electron chi connectivity index (χ0n) is 17.6. The minimum Gasteiger partial charge on any atom is -0.493 e. The summed E-state index contributed by atoms with van der Waals surface area (Å²) in [4.78, 5) is 14.0. The molecule has 1 atom stereocenters. The molecule has 7 heteroatoms. The Bertz CT molecular complexity index is 855. The number of hydrogen-bond acceptors (Lipinski definition) is 7. The summed E-state index contributed by atoms with van der Waals surface area (Å²) >= 11 is 0. The molecule has 2 fully saturated rings. The molecule has 0 amide bonds. The van der Waals surface area contributed by atoms with Crippen LogP contribution in [0.25, 0.3) is 0 Å². The molecule has 3 aliphatic rings. The first-order valence-corrected chi connectivity index (χ1v) is 11.2. The minimum absolute atomic E-state index is 0.430. The van der Waals surface area contributed by atoms with Crippen molar-refractivity contribution in [1.29, 1.82) is 0 Å². The topological polar surface area (TPSA) is 62.8 Å². The number of aromatic nitrogens is 2. The van der Waals surface area contributed by atoms with Crippen LogP contribution in [0.3, 0.4) is 0 Å². The molecule has 0 bridgehead atoms. The molecule has 0 spiro atoms. The van der Waals surface area contributed by atoms with Gasteiger partial charge in [-0.3, -0.25) is 0 Å². The van der Waals surface area contributed by atoms with Gasteiger partial charge in [0.1, 0.15) is 11.6 Å². The molecule has 0 aliphatic carbocycles. The number of anilines is 2. The van der Waals surface area contributed by atoms with Gasteiger partial charge in [-0.15, -0.1) is 0 Å². The molecule has 1 aromatic carbocycles. The van der Waals surface area contributed by atoms with E-state index in [0.717, 1.165) is 76.4 Å². The number of morpholine rings is 1. The fourth-order valence-corrected chi connectivity index (χ4v) is 4.61. The summed E-state index contributed by atoms with van der Waals surface area (Å²) in [5.41, 5.74) is 2.78. The molecule has 1 N–H and O–H groups in total. The van der Waals surface area contributed by atoms with Gasteiger partial charge in [0.15, 0.2) is 0 Å². The highest BCUT2D eigenvalue weighted by atomic mass is 16.5. The second-order valence-electron chi connectivity index (χ2n) is 8.42. The summed E-state index contributed by atoms with van der Waals surface area (Å²) < 4.78 is 11.1. The summed E-state index contributed by atoms with van der Waals surface area (Å²) in [6, 6.07) is 9.10. The highest BCUT2D eigenvalue weighted by molar-refractivity contribution is 5.42. The normalized spacial score (nSPS) is 21.9. The Morgan fingerprint density at radius 1 is 1.10 bits per heavy atom. The number of hydrogen-bond donors (Lipinski definition) is 1. The van der Waals surface area contributed by atoms with Gasteiger partial charge in [0, 0.05) is 44.8 Å². The lowest BCUT2D eigenvalue weighted by atomic mass is 10.0. The maximum atomic E-state index is 5.63. The number of nitrogens with one attached hydrogen (secondary N) is 1. The summed E-state index contributed by atoms with van der Waals surface area (Å²) in [6.45, 7) is 7.37. The van der Waals surface area contributed by atoms with Gasteiger partial charge < -0.3 is 24.6 Å². The lowest BCUT2D eigenvalue weighted by Crippen LogP contribution is -2.43. The van der Waals surface area contributed by atoms with E-state index >= 15 is 0 Å². The van der Waals surface area contributed by atoms with Gasteiger partial charge in [0.05, 0.1) is 19.8 Å². The second-order valence-corrected chi connectivity index (χ2v) is 8.42. The zero-order valence-corrected chi connectivity index (χ0v) is 17.6. The first-order chi connectivity index (χ1) is 14.8. The van der Waals surface area contributed by atoms with E-state index in [1.54, 1.807) is 0 Å². The monoisotopic (exact) mass is 409 g/mol. The van der Waals surface area contributed by atoms with Crippen LogP contribution in [0.2, 0.25) is 0 Å². The van der Waals surface area contributed by atoms with Gasteiger partial charge in [0.2, 0.25) is 5.95 Å². The van der Waals surface area contributed by atoms with Crippen molar-refractivity contribution in [3.8, 4) is 5.75 Å². The second kappa shape index (κ2) is 9.18. The van der Waals surface area contributed by atoms with E-state index in [1.807, 2.05) is 12.3 Å². The van der Waals surface area contributed by atoms with Crippen LogP contribution >= 0.6 is 0 Å². The van der Waals surface area contributed by atoms with Crippen molar-refractivity contribution in [2.75, 3.05) is 62.8 Å². The Morgan fingerprint density at radius 2 is 2.03 bits per heavy atom. The number of benzene rings is 1. The van der Waals surface area contributed by atoms with Crippen molar-refractivity contribution in [3.63, 3.8) is 0 Å². The third kappa shape index (κ3) is 4.68. The Kier molecular flexibility index (Phi) is 5.99. The van der Waals surface area contributed by atoms with Crippen molar-refractivity contribution in [3.05, 3.63) is 41.6 Å². The molecule has 7 nitrogen and oxygen atoms in total. The fraction of sp³-hybridized carbons (Fsp3) is 0.565. The molecular formula is C23H31N5O2. The molecule has 0 radical (unpaired) electrons. The smallest absolute Gasteiger partial charge is 0.227 e. The highest BCUT2D eigenvalue weighted by Gasteiger charge is 2.21. The number of likely N-dealkylation sites (tertiary alicyclic amines) is 1. The summed E-state index contributed by atoms with van der Waals surface area (Å²) in [6.07, 6.45) is 6.40. The van der Waals surface area contributed by atoms with Crippen molar-refractivity contribution >= 4 is 11.8 Å². The average Bonchev–Trinajstić information content (AvgIpc) is 3.27. The van der Waals surface area contributed by atoms with Crippen LogP contribution < -0.4 is 15.0 Å². The standard InChI is InChI=1S/C23H31N5O2/c1-2-20(25-22-5-8-24-23(26-22)28-11-14-29-15-12-28)17-27(9-1)10-6-18-3-4-21-19(16-18)7-13-30-21/h3-5,8,16,20H,1-2,6-7,9-15,17H2,(H,24,25,26). The predicted molar refractivity (Wildman–Crippen MR) is 117 cm³/mol. The van der Waals surface area contributed by atoms with Gasteiger partial charge in [-0.2, -0.15) is 4.98 Å². The number of fused-ring (bicyclic) bond motifs is 1. The lowest BCUT2D eigenvalue weighted by molar-refractivity contribution is 0.122. The van der Waals surface area contributed by atoms with Gasteiger partial charge >= 0.3 is 0 Å². The SMILES string of the molecule is c1cc(NC2CCCN(CCc3ccc4c(c3)CCO4)C2)nc(N2CCOCC2)n1. The van der Waals surface area contributed by atoms with Crippen LogP contribution in [0, 0.1) is 0 Å². The maximum absolute atomic E-state index is 5.63. The molecule has 5 rings (SSSR count). The number of piperidine rings is 1. The van der Waals surface area contributed by atoms with Crippen molar-refractivity contribution < 1.29 is 9.47 Å². The third-order valence-electron chi connectivity index (χ3n) is 6.26. The fourth-order valence-electron chi connectivity index (χ4n) is 4.61. The molecular weight excluding hydrogens is 378 g/mol. The molecule has 30 heavy (non-hydrogen) atoms. The van der Waals surface area contributed by atoms with Crippen LogP contribution in [0.5, 0.6) is 5.75 Å². The number of nitrogens with zero attached hydrogens (tertiary/aromatic N) is 4. The van der Waals surface area contributed by atoms with E-state index in [2.05, 4.69) is 38.3 Å². The van der Waals surface area contributed by atoms with E-state index in [-0.39, 0.29) is 0 Å². The van der Waals surface area contributed by atoms with E-state index < -0.39 is 0 Å². The molecule has 1 aromatic heterocycles. The third-order valence-corrected chi connectivity index (χ3v) is 6.26. The van der Waals surface area contributed by atoms with Gasteiger partial charge in [-0.05, 0) is 49.1 Å². The first kappa shape index (κ1) is 19.6. The van der Waals surface area contributed by atoms with Crippen molar-refractivity contribution in [1.82, 2.24) is 14.9 Å². The van der Waals surface area contributed by atoms with Crippen LogP contribution in [0.15, 0.2) is 30.5 Å². The van der Waals surface area contributed by atoms with E-state index in [1.165, 1.54) is 30.5 Å². The molecule has 0 saturated carbocycles. The Hall–Kier alpha value is -2.38. The van der Waals surface area contributed by atoms with Crippen LogP contribution in [0.4, 0.5) is 11.8 Å². The van der Waals surface area contributed by atoms with Crippen molar-refractivity contribution in [2.45, 2.75) is 31.7 Å². The minimum atomic E-state index is 0.430. The average molecular weight is 410 g/mol. The van der Waals surface area contributed by atoms with E-state index in [0.29, 0.717) is 6.04 Å². The highest BCUT2D eigenvalue weighted by Crippen LogP contribution is 2.26. The van der Waals surface area contributed by atoms with E-state index in [4.69, 9.17) is 14.5 Å². The number of ether oxygens (including phenoxy) is 2. The Labute approximate surface area is 178 Å². The molecule has 2 aromatic rings. The summed E-state index contributed by atoms with van der Waals surface area (Å²) in [7, 11) is 0. The van der Waals surface area contributed by atoms with E-state index in [9.17, 15) is 0 Å². The summed E-state index contributed by atoms with van der Waals surface area (Å²) in [5.74, 6) is 2.80. The summed E-state index contributed by atoms with van der Waals surface area (Å²) in [5, 5.41) is 3.66. The van der Waals surface area contributed by atoms with Crippen LogP contribution in [0.1, 0.15) is 24.0 Å². The van der Waals surface area contributed by atoms with Gasteiger partial charge in [0.25, 0.3) is 0 Å². The largest absolute Gasteiger partial charge is 0.493 e. The molecule has 2 saturated heterocycles. The Morgan fingerprint density at radius 3 is 2.97 bits per heavy atom. The van der Waals surface area contributed by atoms with Gasteiger partial charge in [-0.1, -0.05) is 12.1 Å². The first-order valence-electron chi connectivity index (χ1n) is 11.2. The maximum Gasteiger partial charge on any atom is 0.227 e. The molecule has 160 valence electrons. The molecule has 3 aliphatic heterocycles. The van der Waals surface area contributed by atoms with Crippen molar-refractivity contribution in [2.24, 2.45) is 0 Å². The Balaban J connectivity index is 1.15. The molecule has 1 unspecified atom stereocenters. The van der Waals surface area contributed by atoms with Gasteiger partial charge in [-0.25, -0.2) is 4.98 Å². The van der Waals surface area contributed by atoms with Crippen LogP contribution in [-0.2, 0) is 17.6 Å².